The van der Waals surface area contributed by atoms with Gasteiger partial charge in [0.05, 0.1) is 0 Å². The van der Waals surface area contributed by atoms with Crippen LogP contribution in [-0.4, -0.2) is 62.1 Å². The van der Waals surface area contributed by atoms with Gasteiger partial charge in [-0.1, -0.05) is 44.2 Å². The zero-order valence-electron chi connectivity index (χ0n) is 19.2. The van der Waals surface area contributed by atoms with Gasteiger partial charge in [0.1, 0.15) is 18.0 Å². The van der Waals surface area contributed by atoms with Gasteiger partial charge in [0.15, 0.2) is 0 Å². The summed E-state index contributed by atoms with van der Waals surface area (Å²) in [4.78, 5) is 28.7. The second kappa shape index (κ2) is 9.45. The van der Waals surface area contributed by atoms with Crippen molar-refractivity contribution in [1.29, 1.82) is 0 Å². The molecule has 3 atom stereocenters. The molecule has 0 radical (unpaired) electrons. The Balaban J connectivity index is 2.04. The molecule has 6 nitrogen and oxygen atoms in total. The summed E-state index contributed by atoms with van der Waals surface area (Å²) >= 11 is 0. The van der Waals surface area contributed by atoms with Gasteiger partial charge >= 0.3 is 0 Å². The van der Waals surface area contributed by atoms with E-state index >= 15 is 0 Å². The van der Waals surface area contributed by atoms with E-state index in [1.165, 1.54) is 6.42 Å². The fourth-order valence-electron chi connectivity index (χ4n) is 4.64. The first kappa shape index (κ1) is 22.1. The molecular weight excluding hydrogens is 374 g/mol. The SMILES string of the molecule is CC1CC(C)CN(C(=O)CC(c2ccccc2)c2c(N(C)C)ncnc2N(C)C)C1. The molecule has 1 aliphatic heterocycles. The zero-order chi connectivity index (χ0) is 21.8. The lowest BCUT2D eigenvalue weighted by molar-refractivity contribution is -0.134. The number of carbonyl (C=O) groups excluding carboxylic acids is 1. The number of aromatic nitrogens is 2. The Morgan fingerprint density at radius 3 is 2.03 bits per heavy atom. The highest BCUT2D eigenvalue weighted by Crippen LogP contribution is 2.39. The molecule has 0 spiro atoms. The molecular formula is C24H35N5O. The van der Waals surface area contributed by atoms with Crippen molar-refractivity contribution in [2.45, 2.75) is 32.6 Å². The normalized spacial score (nSPS) is 20.0. The molecule has 0 aliphatic carbocycles. The van der Waals surface area contributed by atoms with E-state index in [2.05, 4.69) is 40.8 Å². The number of nitrogens with zero attached hydrogens (tertiary/aromatic N) is 5. The molecule has 162 valence electrons. The van der Waals surface area contributed by atoms with E-state index in [0.717, 1.165) is 35.9 Å². The van der Waals surface area contributed by atoms with Crippen LogP contribution in [-0.2, 0) is 4.79 Å². The Morgan fingerprint density at radius 2 is 1.53 bits per heavy atom. The van der Waals surface area contributed by atoms with Crippen LogP contribution in [0.25, 0.3) is 0 Å². The molecule has 1 aliphatic rings. The minimum atomic E-state index is -0.109. The molecule has 2 aromatic rings. The lowest BCUT2D eigenvalue weighted by atomic mass is 9.86. The number of hydrogen-bond acceptors (Lipinski definition) is 5. The van der Waals surface area contributed by atoms with Crippen LogP contribution in [0.3, 0.4) is 0 Å². The number of rotatable bonds is 6. The number of piperidine rings is 1. The van der Waals surface area contributed by atoms with Crippen molar-refractivity contribution in [3.63, 3.8) is 0 Å². The first-order valence-electron chi connectivity index (χ1n) is 10.8. The Kier molecular flexibility index (Phi) is 6.95. The molecule has 0 N–H and O–H groups in total. The Bertz CT molecular complexity index is 816. The van der Waals surface area contributed by atoms with Gasteiger partial charge < -0.3 is 14.7 Å². The third-order valence-corrected chi connectivity index (χ3v) is 5.84. The first-order chi connectivity index (χ1) is 14.3. The third-order valence-electron chi connectivity index (χ3n) is 5.84. The van der Waals surface area contributed by atoms with Gasteiger partial charge in [-0.05, 0) is 23.8 Å². The molecule has 1 amide bonds. The molecule has 3 unspecified atom stereocenters. The summed E-state index contributed by atoms with van der Waals surface area (Å²) in [6.07, 6.45) is 3.21. The lowest BCUT2D eigenvalue weighted by Gasteiger charge is -2.36. The van der Waals surface area contributed by atoms with Crippen molar-refractivity contribution in [2.75, 3.05) is 51.1 Å². The minimum Gasteiger partial charge on any atom is -0.362 e. The largest absolute Gasteiger partial charge is 0.362 e. The van der Waals surface area contributed by atoms with Gasteiger partial charge in [0.25, 0.3) is 0 Å². The van der Waals surface area contributed by atoms with Crippen LogP contribution in [0.2, 0.25) is 0 Å². The monoisotopic (exact) mass is 409 g/mol. The average Bonchev–Trinajstić information content (AvgIpc) is 2.71. The van der Waals surface area contributed by atoms with Crippen LogP contribution in [0.1, 0.15) is 43.7 Å². The number of hydrogen-bond donors (Lipinski definition) is 0. The number of amides is 1. The highest BCUT2D eigenvalue weighted by atomic mass is 16.2. The summed E-state index contributed by atoms with van der Waals surface area (Å²) < 4.78 is 0. The second-order valence-electron chi connectivity index (χ2n) is 9.14. The van der Waals surface area contributed by atoms with Crippen molar-refractivity contribution < 1.29 is 4.79 Å². The summed E-state index contributed by atoms with van der Waals surface area (Å²) in [5.74, 6) is 2.90. The van der Waals surface area contributed by atoms with Crippen molar-refractivity contribution in [1.82, 2.24) is 14.9 Å². The Hall–Kier alpha value is -2.63. The quantitative estimate of drug-likeness (QED) is 0.729. The molecule has 2 heterocycles. The molecule has 1 saturated heterocycles. The maximum absolute atomic E-state index is 13.5. The third kappa shape index (κ3) is 4.91. The van der Waals surface area contributed by atoms with Crippen molar-refractivity contribution in [3.05, 3.63) is 47.8 Å². The summed E-state index contributed by atoms with van der Waals surface area (Å²) in [5.41, 5.74) is 2.12. The highest BCUT2D eigenvalue weighted by Gasteiger charge is 2.31. The number of benzene rings is 1. The van der Waals surface area contributed by atoms with Gasteiger partial charge in [0, 0.05) is 59.2 Å². The molecule has 3 rings (SSSR count). The van der Waals surface area contributed by atoms with Crippen LogP contribution < -0.4 is 9.80 Å². The van der Waals surface area contributed by atoms with Crippen molar-refractivity contribution in [3.8, 4) is 0 Å². The molecule has 6 heteroatoms. The Labute approximate surface area is 180 Å². The van der Waals surface area contributed by atoms with Gasteiger partial charge in [0.2, 0.25) is 5.91 Å². The number of likely N-dealkylation sites (tertiary alicyclic amines) is 1. The summed E-state index contributed by atoms with van der Waals surface area (Å²) in [5, 5.41) is 0. The summed E-state index contributed by atoms with van der Waals surface area (Å²) in [6.45, 7) is 6.17. The van der Waals surface area contributed by atoms with E-state index < -0.39 is 0 Å². The second-order valence-corrected chi connectivity index (χ2v) is 9.14. The van der Waals surface area contributed by atoms with E-state index in [4.69, 9.17) is 0 Å². The van der Waals surface area contributed by atoms with Crippen LogP contribution in [0.4, 0.5) is 11.6 Å². The van der Waals surface area contributed by atoms with E-state index in [1.807, 2.05) is 56.2 Å². The van der Waals surface area contributed by atoms with Crippen LogP contribution in [0.5, 0.6) is 0 Å². The van der Waals surface area contributed by atoms with Gasteiger partial charge in [-0.2, -0.15) is 0 Å². The maximum atomic E-state index is 13.5. The highest BCUT2D eigenvalue weighted by molar-refractivity contribution is 5.79. The molecule has 1 aromatic heterocycles. The average molecular weight is 410 g/mol. The topological polar surface area (TPSA) is 52.6 Å². The van der Waals surface area contributed by atoms with E-state index in [9.17, 15) is 4.79 Å². The predicted molar refractivity (Wildman–Crippen MR) is 123 cm³/mol. The van der Waals surface area contributed by atoms with Crippen LogP contribution in [0.15, 0.2) is 36.7 Å². The summed E-state index contributed by atoms with van der Waals surface area (Å²) in [6, 6.07) is 10.3. The van der Waals surface area contributed by atoms with Gasteiger partial charge in [-0.25, -0.2) is 9.97 Å². The lowest BCUT2D eigenvalue weighted by Crippen LogP contribution is -2.43. The molecule has 0 bridgehead atoms. The number of anilines is 2. The fraction of sp³-hybridized carbons (Fsp3) is 0.542. The Morgan fingerprint density at radius 1 is 1.00 bits per heavy atom. The van der Waals surface area contributed by atoms with E-state index in [1.54, 1.807) is 6.33 Å². The van der Waals surface area contributed by atoms with E-state index in [-0.39, 0.29) is 11.8 Å². The van der Waals surface area contributed by atoms with Crippen molar-refractivity contribution >= 4 is 17.5 Å². The minimum absolute atomic E-state index is 0.109. The zero-order valence-corrected chi connectivity index (χ0v) is 19.2. The molecule has 1 aromatic carbocycles. The first-order valence-corrected chi connectivity index (χ1v) is 10.8. The molecule has 0 saturated carbocycles. The van der Waals surface area contributed by atoms with Crippen LogP contribution in [0, 0.1) is 11.8 Å². The van der Waals surface area contributed by atoms with Gasteiger partial charge in [-0.15, -0.1) is 0 Å². The summed E-state index contributed by atoms with van der Waals surface area (Å²) in [7, 11) is 7.96. The molecule has 30 heavy (non-hydrogen) atoms. The van der Waals surface area contributed by atoms with Crippen molar-refractivity contribution in [2.24, 2.45) is 11.8 Å². The standard InChI is InChI=1S/C24H35N5O/c1-17-12-18(2)15-29(14-17)21(30)13-20(19-10-8-7-9-11-19)22-23(27(3)4)25-16-26-24(22)28(5)6/h7-11,16-18,20H,12-15H2,1-6H3. The fourth-order valence-corrected chi connectivity index (χ4v) is 4.64. The maximum Gasteiger partial charge on any atom is 0.223 e. The number of carbonyl (C=O) groups is 1. The molecule has 1 fully saturated rings. The smallest absolute Gasteiger partial charge is 0.223 e. The van der Waals surface area contributed by atoms with Crippen LogP contribution >= 0.6 is 0 Å². The predicted octanol–water partition coefficient (Wildman–Crippen LogP) is 3.64. The van der Waals surface area contributed by atoms with E-state index in [0.29, 0.717) is 18.3 Å². The van der Waals surface area contributed by atoms with Gasteiger partial charge in [-0.3, -0.25) is 4.79 Å².